The number of amides is 7. The van der Waals surface area contributed by atoms with Crippen LogP contribution < -0.4 is 89.2 Å². The van der Waals surface area contributed by atoms with Crippen LogP contribution in [0.5, 0.6) is 0 Å². The molecule has 7 atom stereocenters. The second-order valence-electron chi connectivity index (χ2n) is 20.9. The molecule has 3 aromatic carbocycles. The quantitative estimate of drug-likeness (QED) is 0.0108. The average molecular weight is 1200 g/mol. The zero-order chi connectivity index (χ0) is 63.0. The lowest BCUT2D eigenvalue weighted by Crippen LogP contribution is -2.60. The summed E-state index contributed by atoms with van der Waals surface area (Å²) in [6.07, 6.45) is 5.69. The maximum Gasteiger partial charge on any atom is 0.243 e. The third kappa shape index (κ3) is 20.4. The van der Waals surface area contributed by atoms with E-state index in [0.29, 0.717) is 23.1 Å². The summed E-state index contributed by atoms with van der Waals surface area (Å²) in [4.78, 5) is 126. The Morgan fingerprint density at radius 2 is 0.621 bits per heavy atom. The molecule has 30 nitrogen and oxygen atoms in total. The van der Waals surface area contributed by atoms with E-state index in [0.717, 1.165) is 32.7 Å². The third-order valence-electron chi connectivity index (χ3n) is 14.3. The number of benzene rings is 3. The van der Waals surface area contributed by atoms with Crippen LogP contribution in [0, 0.1) is 0 Å². The molecule has 0 aliphatic rings. The highest BCUT2D eigenvalue weighted by Crippen LogP contribution is 2.23. The molecule has 0 fully saturated rings. The smallest absolute Gasteiger partial charge is 0.243 e. The Balaban J connectivity index is 1.30. The molecule has 0 bridgehead atoms. The van der Waals surface area contributed by atoms with Crippen molar-refractivity contribution in [1.29, 1.82) is 0 Å². The molecule has 0 aliphatic heterocycles. The van der Waals surface area contributed by atoms with Gasteiger partial charge in [-0.15, -0.1) is 0 Å². The lowest BCUT2D eigenvalue weighted by molar-refractivity contribution is -0.135. The van der Waals surface area contributed by atoms with Crippen molar-refractivity contribution >= 4 is 97.9 Å². The third-order valence-corrected chi connectivity index (χ3v) is 14.3. The average Bonchev–Trinajstić information content (AvgIpc) is 2.53. The maximum absolute atomic E-state index is 15.0. The van der Waals surface area contributed by atoms with Crippen molar-refractivity contribution in [2.75, 3.05) is 26.2 Å². The van der Waals surface area contributed by atoms with Crippen LogP contribution >= 0.6 is 0 Å². The number of rotatable bonds is 35. The normalized spacial score (nSPS) is 13.5. The fraction of sp³-hybridized carbons (Fsp3) is 0.386. The molecule has 0 aliphatic carbocycles. The number of nitrogens with two attached hydrogens (primary N) is 10. The number of fused-ring (bicyclic) bond motifs is 3. The molecule has 0 saturated carbocycles. The summed E-state index contributed by atoms with van der Waals surface area (Å²) in [5, 5.41) is 19.0. The summed E-state index contributed by atoms with van der Waals surface area (Å²) >= 11 is 0. The number of hydrogen-bond donors (Lipinski definition) is 19. The van der Waals surface area contributed by atoms with E-state index in [4.69, 9.17) is 57.3 Å². The highest BCUT2D eigenvalue weighted by Gasteiger charge is 2.35. The van der Waals surface area contributed by atoms with E-state index >= 15 is 0 Å². The minimum Gasteiger partial charge on any atom is -0.370 e. The number of carbonyl (C=O) groups excluding carboxylic acids is 7. The summed E-state index contributed by atoms with van der Waals surface area (Å²) < 4.78 is 0. The Kier molecular flexibility index (Phi) is 24.6. The molecule has 0 unspecified atom stereocenters. The van der Waals surface area contributed by atoms with Crippen molar-refractivity contribution in [1.82, 2.24) is 46.9 Å². The molecular weight excluding hydrogens is 1120 g/mol. The second-order valence-corrected chi connectivity index (χ2v) is 20.9. The Bertz CT molecular complexity index is 3440. The van der Waals surface area contributed by atoms with Gasteiger partial charge >= 0.3 is 0 Å². The molecule has 3 heterocycles. The highest BCUT2D eigenvalue weighted by atomic mass is 16.2. The molecule has 30 heteroatoms. The number of aliphatic imine (C=N–C) groups is 4. The van der Waals surface area contributed by atoms with Crippen LogP contribution in [0.1, 0.15) is 68.1 Å². The molecule has 0 radical (unpaired) electrons. The first kappa shape index (κ1) is 65.8. The summed E-state index contributed by atoms with van der Waals surface area (Å²) in [6, 6.07) is 12.9. The SMILES string of the molecule is NC(=O)[C@H](Cc1c[nH]c2ccccc12)NC(=O)[C@H](Cc1c[nH]c2ccccc12)NC(=O)[C@H](CCCN=C(N)N)NC(=O)[C@H](CCCN=C(N)N)NC(=O)[C@H](Cc1c[nH]c2ccccc12)NC(=O)[C@H](CCCN=C(N)N)NC(=O)[C@@H](N)CCCN=C(N)N. The Hall–Kier alpha value is -10.4. The molecule has 6 rings (SSSR count). The van der Waals surface area contributed by atoms with Crippen molar-refractivity contribution in [3.05, 3.63) is 108 Å². The van der Waals surface area contributed by atoms with Crippen LogP contribution in [0.25, 0.3) is 32.7 Å². The number of aromatic amines is 3. The van der Waals surface area contributed by atoms with E-state index in [1.165, 1.54) is 0 Å². The number of nitrogens with zero attached hydrogens (tertiary/aromatic N) is 4. The number of para-hydroxylation sites is 3. The van der Waals surface area contributed by atoms with Crippen LogP contribution in [0.3, 0.4) is 0 Å². The van der Waals surface area contributed by atoms with Crippen molar-refractivity contribution in [3.63, 3.8) is 0 Å². The number of guanidine groups is 4. The maximum atomic E-state index is 15.0. The molecule has 466 valence electrons. The van der Waals surface area contributed by atoms with Gasteiger partial charge in [-0.3, -0.25) is 53.5 Å². The first-order valence-corrected chi connectivity index (χ1v) is 28.4. The monoisotopic (exact) mass is 1200 g/mol. The van der Waals surface area contributed by atoms with E-state index in [9.17, 15) is 33.6 Å². The van der Waals surface area contributed by atoms with Gasteiger partial charge in [0.2, 0.25) is 41.4 Å². The van der Waals surface area contributed by atoms with Gasteiger partial charge in [0, 0.05) is 96.7 Å². The summed E-state index contributed by atoms with van der Waals surface area (Å²) in [7, 11) is 0. The van der Waals surface area contributed by atoms with Gasteiger partial charge < -0.3 is 104 Å². The predicted molar refractivity (Wildman–Crippen MR) is 334 cm³/mol. The minimum absolute atomic E-state index is 0.00000996. The van der Waals surface area contributed by atoms with E-state index in [1.54, 1.807) is 24.7 Å². The van der Waals surface area contributed by atoms with Crippen molar-refractivity contribution in [2.24, 2.45) is 77.3 Å². The van der Waals surface area contributed by atoms with E-state index < -0.39 is 83.6 Å². The zero-order valence-electron chi connectivity index (χ0n) is 48.2. The molecule has 3 aromatic heterocycles. The highest BCUT2D eigenvalue weighted by molar-refractivity contribution is 5.98. The number of carbonyl (C=O) groups is 7. The van der Waals surface area contributed by atoms with Gasteiger partial charge in [0.1, 0.15) is 36.3 Å². The predicted octanol–water partition coefficient (Wildman–Crippen LogP) is -2.91. The molecule has 29 N–H and O–H groups in total. The van der Waals surface area contributed by atoms with Crippen molar-refractivity contribution in [3.8, 4) is 0 Å². The fourth-order valence-electron chi connectivity index (χ4n) is 9.81. The molecule has 0 spiro atoms. The molecule has 87 heavy (non-hydrogen) atoms. The minimum atomic E-state index is -1.43. The molecule has 6 aromatic rings. The van der Waals surface area contributed by atoms with Gasteiger partial charge in [0.25, 0.3) is 0 Å². The zero-order valence-corrected chi connectivity index (χ0v) is 48.2. The van der Waals surface area contributed by atoms with Crippen LogP contribution in [0.4, 0.5) is 0 Å². The number of primary amides is 1. The Morgan fingerprint density at radius 3 is 0.943 bits per heavy atom. The van der Waals surface area contributed by atoms with Crippen LogP contribution in [-0.4, -0.2) is 149 Å². The summed E-state index contributed by atoms with van der Waals surface area (Å²) in [6.45, 7) is 0.353. The van der Waals surface area contributed by atoms with Gasteiger partial charge in [0.05, 0.1) is 6.04 Å². The van der Waals surface area contributed by atoms with E-state index in [2.05, 4.69) is 66.8 Å². The summed E-state index contributed by atoms with van der Waals surface area (Å²) in [5.41, 5.74) is 61.0. The van der Waals surface area contributed by atoms with Gasteiger partial charge in [-0.2, -0.15) is 0 Å². The lowest BCUT2D eigenvalue weighted by atomic mass is 10.0. The topological polar surface area (TPSA) is 549 Å². The van der Waals surface area contributed by atoms with Crippen LogP contribution in [0.2, 0.25) is 0 Å². The largest absolute Gasteiger partial charge is 0.370 e. The first-order valence-electron chi connectivity index (χ1n) is 28.4. The first-order chi connectivity index (χ1) is 41.7. The second kappa shape index (κ2) is 32.6. The number of hydrogen-bond acceptors (Lipinski definition) is 12. The summed E-state index contributed by atoms with van der Waals surface area (Å²) in [5.74, 6) is -6.30. The fourth-order valence-corrected chi connectivity index (χ4v) is 9.81. The van der Waals surface area contributed by atoms with Gasteiger partial charge in [-0.25, -0.2) is 0 Å². The number of H-pyrrole nitrogens is 3. The lowest BCUT2D eigenvalue weighted by Gasteiger charge is -2.28. The standard InChI is InChI=1S/C57H81N23O7/c58-37(14-7-21-68-54(60)61)48(82)75-41(18-8-22-69-55(62)63)50(84)79-45(26-32-29-73-39-16-5-2-12-35(32)39)52(86)77-42(19-9-23-70-56(64)65)49(83)76-43(20-10-24-71-57(66)67)51(85)80-46(27-33-30-74-40-17-6-3-13-36(33)40)53(87)78-44(47(59)81)25-31-28-72-38-15-4-1-11-34(31)38/h1-6,11-13,15-17,28-30,37,41-46,72-74H,7-10,14,18-27,58H2,(H2,59,81)(H,75,82)(H,76,83)(H,77,86)(H,78,87)(H,79,84)(H,80,85)(H4,60,61,68)(H4,62,63,69)(H4,64,65,70)(H4,66,67,71)/t37-,41-,42-,43-,44-,45-,46-/m0/s1. The van der Waals surface area contributed by atoms with E-state index in [1.807, 2.05) is 66.7 Å². The Morgan fingerprint density at radius 1 is 0.356 bits per heavy atom. The number of aromatic nitrogens is 3. The van der Waals surface area contributed by atoms with Gasteiger partial charge in [-0.1, -0.05) is 54.6 Å². The molecule has 7 amide bonds. The van der Waals surface area contributed by atoms with Crippen molar-refractivity contribution < 1.29 is 33.6 Å². The molecule has 0 saturated heterocycles. The van der Waals surface area contributed by atoms with Crippen molar-refractivity contribution in [2.45, 2.75) is 113 Å². The van der Waals surface area contributed by atoms with Crippen LogP contribution in [-0.2, 0) is 52.8 Å². The van der Waals surface area contributed by atoms with Gasteiger partial charge in [-0.05, 0) is 86.3 Å². The Labute approximate surface area is 501 Å². The van der Waals surface area contributed by atoms with Crippen LogP contribution in [0.15, 0.2) is 111 Å². The number of nitrogens with one attached hydrogen (secondary N) is 9. The molecular formula is C57H81N23O7. The van der Waals surface area contributed by atoms with E-state index in [-0.39, 0.29) is 114 Å². The van der Waals surface area contributed by atoms with Gasteiger partial charge in [0.15, 0.2) is 23.8 Å².